The smallest absolute Gasteiger partial charge is 0.354 e. The van der Waals surface area contributed by atoms with Gasteiger partial charge < -0.3 is 37.0 Å². The lowest BCUT2D eigenvalue weighted by Gasteiger charge is -2.26. The van der Waals surface area contributed by atoms with Crippen LogP contribution in [0.3, 0.4) is 0 Å². The second kappa shape index (κ2) is 16.6. The Morgan fingerprint density at radius 2 is 1.70 bits per heavy atom. The molecule has 5 rings (SSSR count). The van der Waals surface area contributed by atoms with E-state index >= 15 is 0 Å². The SMILES string of the molecule is C[C@H](N)CCCc1cc(C(C)(C)C)cc2c1OCCO2.C[C@H](NCCCN=C(N)N)c1ccc(-n2cc3cc(C(C)(C)C)[nH]c3nc2=O)cc1. The summed E-state index contributed by atoms with van der Waals surface area (Å²) in [4.78, 5) is 24.0. The minimum absolute atomic E-state index is 0.0390. The minimum atomic E-state index is -0.302. The molecule has 0 aliphatic carbocycles. The summed E-state index contributed by atoms with van der Waals surface area (Å²) in [7, 11) is 0. The first-order valence-electron chi connectivity index (χ1n) is 17.7. The highest BCUT2D eigenvalue weighted by atomic mass is 16.6. The lowest BCUT2D eigenvalue weighted by Crippen LogP contribution is -2.24. The molecule has 1 aliphatic heterocycles. The highest BCUT2D eigenvalue weighted by Crippen LogP contribution is 2.39. The van der Waals surface area contributed by atoms with E-state index in [2.05, 4.69) is 93.9 Å². The maximum Gasteiger partial charge on any atom is 0.354 e. The number of hydrogen-bond donors (Lipinski definition) is 5. The molecule has 4 aromatic rings. The van der Waals surface area contributed by atoms with Crippen molar-refractivity contribution in [3.63, 3.8) is 0 Å². The van der Waals surface area contributed by atoms with Gasteiger partial charge in [0.1, 0.15) is 18.9 Å². The molecule has 2 aromatic carbocycles. The van der Waals surface area contributed by atoms with Crippen LogP contribution in [0.2, 0.25) is 0 Å². The van der Waals surface area contributed by atoms with Crippen LogP contribution in [0.15, 0.2) is 58.4 Å². The second-order valence-corrected chi connectivity index (χ2v) is 15.3. The number of fused-ring (bicyclic) bond motifs is 2. The van der Waals surface area contributed by atoms with Crippen LogP contribution in [0, 0.1) is 0 Å². The van der Waals surface area contributed by atoms with E-state index in [0.717, 1.165) is 66.1 Å². The predicted octanol–water partition coefficient (Wildman–Crippen LogP) is 5.75. The van der Waals surface area contributed by atoms with E-state index in [1.165, 1.54) is 11.1 Å². The number of ether oxygens (including phenoxy) is 2. The first kappa shape index (κ1) is 38.5. The Morgan fingerprint density at radius 1 is 1.00 bits per heavy atom. The number of aromatic nitrogens is 3. The zero-order chi connectivity index (χ0) is 36.6. The van der Waals surface area contributed by atoms with Gasteiger partial charge in [-0.15, -0.1) is 0 Å². The van der Waals surface area contributed by atoms with Crippen LogP contribution in [-0.4, -0.2) is 52.8 Å². The van der Waals surface area contributed by atoms with E-state index in [1.54, 1.807) is 4.57 Å². The summed E-state index contributed by atoms with van der Waals surface area (Å²) < 4.78 is 13.2. The second-order valence-electron chi connectivity index (χ2n) is 15.3. The van der Waals surface area contributed by atoms with Crippen molar-refractivity contribution in [1.82, 2.24) is 19.9 Å². The fourth-order valence-corrected chi connectivity index (χ4v) is 5.69. The van der Waals surface area contributed by atoms with Crippen molar-refractivity contribution in [3.8, 4) is 17.2 Å². The molecule has 0 unspecified atom stereocenters. The Labute approximate surface area is 297 Å². The summed E-state index contributed by atoms with van der Waals surface area (Å²) in [5.41, 5.74) is 22.4. The van der Waals surface area contributed by atoms with Gasteiger partial charge >= 0.3 is 5.69 Å². The van der Waals surface area contributed by atoms with Crippen molar-refractivity contribution in [1.29, 1.82) is 0 Å². The molecule has 50 heavy (non-hydrogen) atoms. The highest BCUT2D eigenvalue weighted by Gasteiger charge is 2.23. The molecule has 0 radical (unpaired) electrons. The lowest BCUT2D eigenvalue weighted by atomic mass is 9.85. The van der Waals surface area contributed by atoms with Gasteiger partial charge in [0.05, 0.1) is 5.69 Å². The van der Waals surface area contributed by atoms with Crippen LogP contribution < -0.4 is 37.7 Å². The Morgan fingerprint density at radius 3 is 2.34 bits per heavy atom. The summed E-state index contributed by atoms with van der Waals surface area (Å²) in [5, 5.41) is 4.36. The molecular formula is C39H58N8O3. The Balaban J connectivity index is 0.000000244. The van der Waals surface area contributed by atoms with Gasteiger partial charge in [0, 0.05) is 41.3 Å². The zero-order valence-electron chi connectivity index (χ0n) is 31.2. The molecule has 11 heteroatoms. The average Bonchev–Trinajstić information content (AvgIpc) is 3.47. The maximum absolute atomic E-state index is 12.6. The summed E-state index contributed by atoms with van der Waals surface area (Å²) in [5.74, 6) is 1.96. The van der Waals surface area contributed by atoms with Gasteiger partial charge in [-0.25, -0.2) is 4.79 Å². The number of hydrogen-bond acceptors (Lipinski definition) is 7. The van der Waals surface area contributed by atoms with Crippen LogP contribution in [0.1, 0.15) is 103 Å². The molecule has 1 aliphatic rings. The molecule has 2 atom stereocenters. The molecule has 0 fully saturated rings. The third-order valence-corrected chi connectivity index (χ3v) is 8.76. The molecule has 2 aromatic heterocycles. The van der Waals surface area contributed by atoms with Crippen molar-refractivity contribution in [3.05, 3.63) is 81.5 Å². The van der Waals surface area contributed by atoms with Crippen LogP contribution in [-0.2, 0) is 17.3 Å². The molecule has 0 spiro atoms. The van der Waals surface area contributed by atoms with E-state index in [4.69, 9.17) is 26.7 Å². The largest absolute Gasteiger partial charge is 0.486 e. The van der Waals surface area contributed by atoms with Gasteiger partial charge in [-0.05, 0) is 92.4 Å². The van der Waals surface area contributed by atoms with E-state index in [0.29, 0.717) is 25.4 Å². The quantitative estimate of drug-likeness (QED) is 0.0754. The molecule has 11 nitrogen and oxygen atoms in total. The van der Waals surface area contributed by atoms with Crippen molar-refractivity contribution >= 4 is 17.0 Å². The molecule has 272 valence electrons. The maximum atomic E-state index is 12.6. The number of rotatable bonds is 11. The van der Waals surface area contributed by atoms with Gasteiger partial charge in [-0.3, -0.25) is 9.56 Å². The van der Waals surface area contributed by atoms with Gasteiger partial charge in [0.15, 0.2) is 17.5 Å². The zero-order valence-corrected chi connectivity index (χ0v) is 31.2. The Hall–Kier alpha value is -4.35. The van der Waals surface area contributed by atoms with Gasteiger partial charge in [0.2, 0.25) is 0 Å². The normalized spacial score (nSPS) is 14.1. The number of aliphatic imine (C=N–C) groups is 1. The molecule has 0 amide bonds. The number of aromatic amines is 1. The Bertz CT molecular complexity index is 1790. The lowest BCUT2D eigenvalue weighted by molar-refractivity contribution is 0.169. The van der Waals surface area contributed by atoms with Crippen LogP contribution in [0.25, 0.3) is 16.7 Å². The van der Waals surface area contributed by atoms with Crippen LogP contribution in [0.4, 0.5) is 0 Å². The van der Waals surface area contributed by atoms with Crippen molar-refractivity contribution in [2.24, 2.45) is 22.2 Å². The van der Waals surface area contributed by atoms with Crippen molar-refractivity contribution in [2.75, 3.05) is 26.3 Å². The third kappa shape index (κ3) is 10.6. The fourth-order valence-electron chi connectivity index (χ4n) is 5.69. The first-order valence-corrected chi connectivity index (χ1v) is 17.7. The number of nitrogens with zero attached hydrogens (tertiary/aromatic N) is 3. The van der Waals surface area contributed by atoms with E-state index in [-0.39, 0.29) is 34.6 Å². The minimum Gasteiger partial charge on any atom is -0.486 e. The predicted molar refractivity (Wildman–Crippen MR) is 205 cm³/mol. The molecule has 0 bridgehead atoms. The number of nitrogens with two attached hydrogens (primary N) is 3. The summed E-state index contributed by atoms with van der Waals surface area (Å²) in [6.45, 7) is 19.9. The molecular weight excluding hydrogens is 628 g/mol. The number of H-pyrrole nitrogens is 1. The average molecular weight is 687 g/mol. The first-order chi connectivity index (χ1) is 23.5. The van der Waals surface area contributed by atoms with Crippen molar-refractivity contribution < 1.29 is 9.47 Å². The highest BCUT2D eigenvalue weighted by molar-refractivity contribution is 5.76. The van der Waals surface area contributed by atoms with E-state index in [9.17, 15) is 4.79 Å². The monoisotopic (exact) mass is 686 g/mol. The molecule has 0 saturated heterocycles. The van der Waals surface area contributed by atoms with E-state index in [1.807, 2.05) is 30.5 Å². The van der Waals surface area contributed by atoms with Gasteiger partial charge in [-0.1, -0.05) is 59.7 Å². The number of nitrogens with one attached hydrogen (secondary N) is 2. The van der Waals surface area contributed by atoms with Gasteiger partial charge in [0.25, 0.3) is 0 Å². The fraction of sp³-hybridized carbons (Fsp3) is 0.513. The standard InChI is InChI=1S/C22H31N7O.C17H27NO2/c1-14(25-10-5-11-26-20(23)24)15-6-8-17(9-7-15)29-13-16-12-18(22(2,3)4)27-19(16)28-21(29)30;1-12(18)6-5-7-13-10-14(17(2,3)4)11-15-16(13)20-9-8-19-15/h6-9,12-14,25H,5,10-11H2,1-4H3,(H4,23,24,26)(H,27,28,30);10-12H,5-9,18H2,1-4H3/t14-;12-/m00/s1. The third-order valence-electron chi connectivity index (χ3n) is 8.76. The molecule has 8 N–H and O–H groups in total. The topological polar surface area (TPSA) is 172 Å². The Kier molecular flexibility index (Phi) is 12.7. The summed E-state index contributed by atoms with van der Waals surface area (Å²) >= 11 is 0. The number of guanidine groups is 1. The number of aryl methyl sites for hydroxylation is 1. The molecule has 0 saturated carbocycles. The number of benzene rings is 2. The van der Waals surface area contributed by atoms with Crippen molar-refractivity contribution in [2.45, 2.75) is 104 Å². The van der Waals surface area contributed by atoms with Gasteiger partial charge in [-0.2, -0.15) is 4.98 Å². The molecule has 3 heterocycles. The summed E-state index contributed by atoms with van der Waals surface area (Å²) in [6.07, 6.45) is 5.82. The van der Waals surface area contributed by atoms with E-state index < -0.39 is 0 Å². The van der Waals surface area contributed by atoms with Crippen LogP contribution in [0.5, 0.6) is 11.5 Å². The summed E-state index contributed by atoms with van der Waals surface area (Å²) in [6, 6.07) is 14.8. The van der Waals surface area contributed by atoms with Crippen LogP contribution >= 0.6 is 0 Å².